The highest BCUT2D eigenvalue weighted by molar-refractivity contribution is 6.37. The first kappa shape index (κ1) is 18.4. The first-order chi connectivity index (χ1) is 12.8. The number of benzene rings is 2. The molecule has 3 aromatic rings. The van der Waals surface area contributed by atoms with Gasteiger partial charge in [0.25, 0.3) is 0 Å². The van der Waals surface area contributed by atoms with E-state index in [4.69, 9.17) is 0 Å². The van der Waals surface area contributed by atoms with E-state index in [1.165, 1.54) is 13.0 Å². The van der Waals surface area contributed by atoms with Crippen molar-refractivity contribution in [1.29, 1.82) is 0 Å². The van der Waals surface area contributed by atoms with Crippen LogP contribution in [0.1, 0.15) is 12.5 Å². The Balaban J connectivity index is 2.06. The number of aromatic nitrogens is 2. The summed E-state index contributed by atoms with van der Waals surface area (Å²) in [6, 6.07) is 9.84. The van der Waals surface area contributed by atoms with E-state index in [0.29, 0.717) is 11.0 Å². The average Bonchev–Trinajstić information content (AvgIpc) is 3.05. The lowest BCUT2D eigenvalue weighted by molar-refractivity contribution is -0.152. The number of alkyl halides is 3. The highest BCUT2D eigenvalue weighted by Gasteiger charge is 2.32. The van der Waals surface area contributed by atoms with Crippen LogP contribution in [-0.2, 0) is 20.5 Å². The fraction of sp³-hybridized carbons (Fsp3) is 0.167. The van der Waals surface area contributed by atoms with Crippen molar-refractivity contribution in [2.45, 2.75) is 13.1 Å². The van der Waals surface area contributed by atoms with Crippen molar-refractivity contribution in [3.05, 3.63) is 48.0 Å². The number of carbonyl (C=O) groups is 2. The van der Waals surface area contributed by atoms with E-state index in [1.54, 1.807) is 24.3 Å². The fourth-order valence-corrected chi connectivity index (χ4v) is 2.48. The van der Waals surface area contributed by atoms with Gasteiger partial charge in [-0.2, -0.15) is 13.2 Å². The first-order valence-corrected chi connectivity index (χ1v) is 7.94. The zero-order valence-electron chi connectivity index (χ0n) is 14.1. The second-order valence-corrected chi connectivity index (χ2v) is 5.54. The van der Waals surface area contributed by atoms with E-state index in [-0.39, 0.29) is 23.7 Å². The van der Waals surface area contributed by atoms with Gasteiger partial charge in [-0.1, -0.05) is 12.1 Å². The minimum Gasteiger partial charge on any atom is -0.459 e. The van der Waals surface area contributed by atoms with E-state index in [9.17, 15) is 22.8 Å². The van der Waals surface area contributed by atoms with Gasteiger partial charge >= 0.3 is 18.1 Å². The van der Waals surface area contributed by atoms with Crippen molar-refractivity contribution in [1.82, 2.24) is 9.97 Å². The number of esters is 1. The molecule has 0 atom stereocenters. The van der Waals surface area contributed by atoms with Crippen molar-refractivity contribution in [2.75, 3.05) is 11.9 Å². The summed E-state index contributed by atoms with van der Waals surface area (Å²) in [5.74, 6) is -2.11. The molecule has 1 heterocycles. The second-order valence-electron chi connectivity index (χ2n) is 5.54. The lowest BCUT2D eigenvalue weighted by atomic mass is 10.1. The van der Waals surface area contributed by atoms with Gasteiger partial charge in [-0.25, -0.2) is 9.78 Å². The Bertz CT molecular complexity index is 979. The molecule has 0 spiro atoms. The summed E-state index contributed by atoms with van der Waals surface area (Å²) in [4.78, 5) is 30.8. The highest BCUT2D eigenvalue weighted by Crippen LogP contribution is 2.35. The molecule has 3 rings (SSSR count). The third-order valence-electron chi connectivity index (χ3n) is 3.70. The zero-order chi connectivity index (χ0) is 19.6. The summed E-state index contributed by atoms with van der Waals surface area (Å²) < 4.78 is 43.7. The van der Waals surface area contributed by atoms with Gasteiger partial charge in [0, 0.05) is 5.56 Å². The molecule has 0 saturated carbocycles. The van der Waals surface area contributed by atoms with Gasteiger partial charge in [0.1, 0.15) is 5.82 Å². The number of anilines is 1. The van der Waals surface area contributed by atoms with Crippen molar-refractivity contribution in [3.8, 4) is 11.4 Å². The Morgan fingerprint density at radius 3 is 2.59 bits per heavy atom. The SMILES string of the molecule is CCOC(=O)C(=O)Nc1cc(C(F)(F)F)ccc1-c1nc2ccccc2[nH]1. The van der Waals surface area contributed by atoms with Crippen molar-refractivity contribution in [3.63, 3.8) is 0 Å². The van der Waals surface area contributed by atoms with Gasteiger partial charge in [-0.3, -0.25) is 4.79 Å². The third kappa shape index (κ3) is 3.91. The molecule has 0 saturated heterocycles. The molecule has 140 valence electrons. The molecule has 2 aromatic carbocycles. The molecule has 0 aliphatic carbocycles. The van der Waals surface area contributed by atoms with Gasteiger partial charge in [0.05, 0.1) is 28.9 Å². The van der Waals surface area contributed by atoms with Crippen LogP contribution >= 0.6 is 0 Å². The average molecular weight is 377 g/mol. The Morgan fingerprint density at radius 1 is 1.19 bits per heavy atom. The van der Waals surface area contributed by atoms with Crippen LogP contribution < -0.4 is 5.32 Å². The third-order valence-corrected chi connectivity index (χ3v) is 3.70. The van der Waals surface area contributed by atoms with E-state index in [2.05, 4.69) is 20.0 Å². The minimum atomic E-state index is -4.62. The molecule has 1 amide bonds. The predicted octanol–water partition coefficient (Wildman–Crippen LogP) is 3.75. The number of H-pyrrole nitrogens is 1. The molecular formula is C18H14F3N3O3. The number of para-hydroxylation sites is 2. The Morgan fingerprint density at radius 2 is 1.93 bits per heavy atom. The van der Waals surface area contributed by atoms with Gasteiger partial charge < -0.3 is 15.0 Å². The number of carbonyl (C=O) groups excluding carboxylic acids is 2. The molecule has 2 N–H and O–H groups in total. The van der Waals surface area contributed by atoms with E-state index in [0.717, 1.165) is 12.1 Å². The van der Waals surface area contributed by atoms with Crippen LogP contribution in [0.4, 0.5) is 18.9 Å². The molecule has 0 bridgehead atoms. The summed E-state index contributed by atoms with van der Waals surface area (Å²) in [6.07, 6.45) is -4.62. The van der Waals surface area contributed by atoms with E-state index in [1.807, 2.05) is 0 Å². The van der Waals surface area contributed by atoms with Crippen LogP contribution in [0.15, 0.2) is 42.5 Å². The molecule has 0 unspecified atom stereocenters. The summed E-state index contributed by atoms with van der Waals surface area (Å²) >= 11 is 0. The minimum absolute atomic E-state index is 0.0364. The van der Waals surface area contributed by atoms with Crippen LogP contribution in [0.3, 0.4) is 0 Å². The first-order valence-electron chi connectivity index (χ1n) is 7.94. The number of aromatic amines is 1. The van der Waals surface area contributed by atoms with Crippen LogP contribution in [-0.4, -0.2) is 28.5 Å². The molecule has 6 nitrogen and oxygen atoms in total. The number of hydrogen-bond donors (Lipinski definition) is 2. The number of amides is 1. The number of hydrogen-bond acceptors (Lipinski definition) is 4. The second kappa shape index (κ2) is 7.10. The van der Waals surface area contributed by atoms with Gasteiger partial charge in [0.2, 0.25) is 0 Å². The number of halogens is 3. The maximum atomic E-state index is 13.1. The topological polar surface area (TPSA) is 84.1 Å². The lowest BCUT2D eigenvalue weighted by Crippen LogP contribution is -2.25. The number of nitrogens with one attached hydrogen (secondary N) is 2. The summed E-state index contributed by atoms with van der Waals surface area (Å²) in [5, 5.41) is 2.18. The van der Waals surface area contributed by atoms with Gasteiger partial charge in [0.15, 0.2) is 0 Å². The van der Waals surface area contributed by atoms with Crippen molar-refractivity contribution >= 4 is 28.6 Å². The summed E-state index contributed by atoms with van der Waals surface area (Å²) in [7, 11) is 0. The molecule has 1 aromatic heterocycles. The van der Waals surface area contributed by atoms with Gasteiger partial charge in [-0.05, 0) is 37.3 Å². The molecule has 27 heavy (non-hydrogen) atoms. The van der Waals surface area contributed by atoms with Crippen LogP contribution in [0, 0.1) is 0 Å². The van der Waals surface area contributed by atoms with Crippen LogP contribution in [0.25, 0.3) is 22.4 Å². The molecule has 0 aliphatic rings. The largest absolute Gasteiger partial charge is 0.459 e. The predicted molar refractivity (Wildman–Crippen MR) is 91.8 cm³/mol. The summed E-state index contributed by atoms with van der Waals surface area (Å²) in [5.41, 5.74) is 0.311. The molecular weight excluding hydrogens is 363 g/mol. The normalized spacial score (nSPS) is 11.4. The van der Waals surface area contributed by atoms with Crippen molar-refractivity contribution < 1.29 is 27.5 Å². The maximum Gasteiger partial charge on any atom is 0.416 e. The molecule has 9 heteroatoms. The highest BCUT2D eigenvalue weighted by atomic mass is 19.4. The summed E-state index contributed by atoms with van der Waals surface area (Å²) in [6.45, 7) is 1.47. The van der Waals surface area contributed by atoms with E-state index >= 15 is 0 Å². The monoisotopic (exact) mass is 377 g/mol. The van der Waals surface area contributed by atoms with Crippen LogP contribution in [0.5, 0.6) is 0 Å². The Labute approximate surface area is 151 Å². The number of ether oxygens (including phenoxy) is 1. The number of rotatable bonds is 3. The Kier molecular flexibility index (Phi) is 4.85. The smallest absolute Gasteiger partial charge is 0.416 e. The lowest BCUT2D eigenvalue weighted by Gasteiger charge is -2.13. The molecule has 0 fully saturated rings. The van der Waals surface area contributed by atoms with Crippen molar-refractivity contribution in [2.24, 2.45) is 0 Å². The quantitative estimate of drug-likeness (QED) is 0.538. The zero-order valence-corrected chi connectivity index (χ0v) is 14.1. The fourth-order valence-electron chi connectivity index (χ4n) is 2.48. The number of nitrogens with zero attached hydrogens (tertiary/aromatic N) is 1. The van der Waals surface area contributed by atoms with Gasteiger partial charge in [-0.15, -0.1) is 0 Å². The number of fused-ring (bicyclic) bond motifs is 1. The maximum absolute atomic E-state index is 13.1. The van der Waals surface area contributed by atoms with E-state index < -0.39 is 23.6 Å². The standard InChI is InChI=1S/C18H14F3N3O3/c1-2-27-17(26)16(25)24-14-9-10(18(19,20)21)7-8-11(14)15-22-12-5-3-4-6-13(12)23-15/h3-9H,2H2,1H3,(H,22,23)(H,24,25). The number of imidazole rings is 1. The molecule has 0 aliphatic heterocycles. The van der Waals surface area contributed by atoms with Crippen LogP contribution in [0.2, 0.25) is 0 Å². The molecule has 0 radical (unpaired) electrons. The Hall–Kier alpha value is -3.36.